The lowest BCUT2D eigenvalue weighted by Crippen LogP contribution is -2.34. The zero-order chi connectivity index (χ0) is 10.6. The fraction of sp³-hybridized carbons (Fsp3) is 0.500. The van der Waals surface area contributed by atoms with Crippen LogP contribution in [-0.2, 0) is 5.41 Å². The summed E-state index contributed by atoms with van der Waals surface area (Å²) in [6.45, 7) is 5.07. The molecule has 0 radical (unpaired) electrons. The van der Waals surface area contributed by atoms with Crippen LogP contribution in [-0.4, -0.2) is 6.54 Å². The molecule has 0 aliphatic carbocycles. The van der Waals surface area contributed by atoms with Crippen molar-refractivity contribution in [1.82, 2.24) is 0 Å². The average Bonchev–Trinajstić information content (AvgIpc) is 2.24. The highest BCUT2D eigenvalue weighted by Crippen LogP contribution is 2.34. The summed E-state index contributed by atoms with van der Waals surface area (Å²) in [6, 6.07) is 8.25. The number of thiol groups is 1. The van der Waals surface area contributed by atoms with Crippen molar-refractivity contribution < 1.29 is 0 Å². The van der Waals surface area contributed by atoms with Crippen molar-refractivity contribution >= 4 is 12.6 Å². The van der Waals surface area contributed by atoms with E-state index >= 15 is 0 Å². The van der Waals surface area contributed by atoms with Gasteiger partial charge >= 0.3 is 0 Å². The van der Waals surface area contributed by atoms with Crippen LogP contribution in [0.4, 0.5) is 0 Å². The minimum atomic E-state index is 0.109. The molecule has 0 aromatic heterocycles. The maximum atomic E-state index is 5.90. The van der Waals surface area contributed by atoms with E-state index in [-0.39, 0.29) is 5.41 Å². The number of hydrogen-bond acceptors (Lipinski definition) is 2. The smallest absolute Gasteiger partial charge is 0.00813 e. The van der Waals surface area contributed by atoms with Gasteiger partial charge in [-0.25, -0.2) is 0 Å². The Morgan fingerprint density at radius 3 is 2.21 bits per heavy atom. The zero-order valence-corrected chi connectivity index (χ0v) is 9.85. The first-order chi connectivity index (χ1) is 6.70. The van der Waals surface area contributed by atoms with Gasteiger partial charge < -0.3 is 5.73 Å². The van der Waals surface area contributed by atoms with Crippen LogP contribution in [0, 0.1) is 0 Å². The second-order valence-electron chi connectivity index (χ2n) is 3.71. The van der Waals surface area contributed by atoms with Gasteiger partial charge in [0, 0.05) is 16.9 Å². The summed E-state index contributed by atoms with van der Waals surface area (Å²) in [7, 11) is 0. The molecular formula is C12H19NS. The molecule has 0 aliphatic rings. The Morgan fingerprint density at radius 1 is 1.21 bits per heavy atom. The molecule has 78 valence electrons. The van der Waals surface area contributed by atoms with Gasteiger partial charge in [-0.3, -0.25) is 0 Å². The third-order valence-electron chi connectivity index (χ3n) is 3.22. The van der Waals surface area contributed by atoms with E-state index in [4.69, 9.17) is 5.73 Å². The largest absolute Gasteiger partial charge is 0.330 e. The summed E-state index contributed by atoms with van der Waals surface area (Å²) in [5.74, 6) is 0. The van der Waals surface area contributed by atoms with Crippen molar-refractivity contribution in [3.63, 3.8) is 0 Å². The van der Waals surface area contributed by atoms with Crippen molar-refractivity contribution in [1.29, 1.82) is 0 Å². The molecule has 1 aromatic rings. The molecule has 0 unspecified atom stereocenters. The predicted octanol–water partition coefficient (Wildman–Crippen LogP) is 2.99. The first kappa shape index (κ1) is 11.6. The Balaban J connectivity index is 3.17. The van der Waals surface area contributed by atoms with Crippen LogP contribution in [0.3, 0.4) is 0 Å². The standard InChI is InChI=1S/C12H19NS/c1-3-12(4-2,9-13)10-7-5-6-8-11(10)14/h5-8,14H,3-4,9,13H2,1-2H3. The zero-order valence-electron chi connectivity index (χ0n) is 8.96. The molecule has 1 aromatic carbocycles. The molecule has 1 rings (SSSR count). The van der Waals surface area contributed by atoms with Crippen molar-refractivity contribution in [3.8, 4) is 0 Å². The van der Waals surface area contributed by atoms with E-state index < -0.39 is 0 Å². The molecule has 0 bridgehead atoms. The van der Waals surface area contributed by atoms with Gasteiger partial charge in [0.05, 0.1) is 0 Å². The highest BCUT2D eigenvalue weighted by Gasteiger charge is 2.27. The average molecular weight is 209 g/mol. The van der Waals surface area contributed by atoms with E-state index in [1.165, 1.54) is 5.56 Å². The van der Waals surface area contributed by atoms with Gasteiger partial charge in [-0.1, -0.05) is 32.0 Å². The number of nitrogens with two attached hydrogens (primary N) is 1. The predicted molar refractivity (Wildman–Crippen MR) is 65.0 cm³/mol. The molecule has 0 fully saturated rings. The summed E-state index contributed by atoms with van der Waals surface area (Å²) in [5, 5.41) is 0. The van der Waals surface area contributed by atoms with Crippen molar-refractivity contribution in [2.45, 2.75) is 37.0 Å². The molecule has 2 heteroatoms. The van der Waals surface area contributed by atoms with Crippen LogP contribution in [0.15, 0.2) is 29.2 Å². The monoisotopic (exact) mass is 209 g/mol. The Morgan fingerprint density at radius 2 is 1.79 bits per heavy atom. The molecule has 0 spiro atoms. The van der Waals surface area contributed by atoms with Gasteiger partial charge in [-0.2, -0.15) is 0 Å². The number of hydrogen-bond donors (Lipinski definition) is 2. The highest BCUT2D eigenvalue weighted by molar-refractivity contribution is 7.80. The summed E-state index contributed by atoms with van der Waals surface area (Å²) in [6.07, 6.45) is 2.13. The Labute approximate surface area is 92.1 Å². The van der Waals surface area contributed by atoms with Crippen LogP contribution >= 0.6 is 12.6 Å². The molecule has 1 nitrogen and oxygen atoms in total. The maximum absolute atomic E-state index is 5.90. The van der Waals surface area contributed by atoms with Crippen LogP contribution in [0.5, 0.6) is 0 Å². The van der Waals surface area contributed by atoms with Crippen molar-refractivity contribution in [2.24, 2.45) is 5.73 Å². The SMILES string of the molecule is CCC(CC)(CN)c1ccccc1S. The van der Waals surface area contributed by atoms with Crippen LogP contribution in [0.2, 0.25) is 0 Å². The van der Waals surface area contributed by atoms with E-state index in [1.807, 2.05) is 12.1 Å². The first-order valence-corrected chi connectivity index (χ1v) is 5.63. The molecule has 14 heavy (non-hydrogen) atoms. The second kappa shape index (κ2) is 4.85. The molecular weight excluding hydrogens is 190 g/mol. The fourth-order valence-electron chi connectivity index (χ4n) is 1.95. The molecule has 0 saturated heterocycles. The highest BCUT2D eigenvalue weighted by atomic mass is 32.1. The first-order valence-electron chi connectivity index (χ1n) is 5.18. The molecule has 0 amide bonds. The lowest BCUT2D eigenvalue weighted by atomic mass is 9.76. The molecule has 0 saturated carbocycles. The fourth-order valence-corrected chi connectivity index (χ4v) is 2.35. The quantitative estimate of drug-likeness (QED) is 0.733. The van der Waals surface area contributed by atoms with E-state index in [1.54, 1.807) is 0 Å². The van der Waals surface area contributed by atoms with Crippen LogP contribution < -0.4 is 5.73 Å². The topological polar surface area (TPSA) is 26.0 Å². The van der Waals surface area contributed by atoms with Crippen molar-refractivity contribution in [2.75, 3.05) is 6.54 Å². The molecule has 0 atom stereocenters. The Bertz CT molecular complexity index is 284. The van der Waals surface area contributed by atoms with Gasteiger partial charge in [0.1, 0.15) is 0 Å². The third-order valence-corrected chi connectivity index (χ3v) is 3.61. The van der Waals surface area contributed by atoms with Crippen molar-refractivity contribution in [3.05, 3.63) is 29.8 Å². The third kappa shape index (κ3) is 1.96. The summed E-state index contributed by atoms with van der Waals surface area (Å²) in [5.41, 5.74) is 7.29. The van der Waals surface area contributed by atoms with E-state index in [0.29, 0.717) is 6.54 Å². The van der Waals surface area contributed by atoms with E-state index in [2.05, 4.69) is 38.6 Å². The summed E-state index contributed by atoms with van der Waals surface area (Å²) < 4.78 is 0. The van der Waals surface area contributed by atoms with Gasteiger partial charge in [0.2, 0.25) is 0 Å². The lowest BCUT2D eigenvalue weighted by molar-refractivity contribution is 0.400. The van der Waals surface area contributed by atoms with E-state index in [0.717, 1.165) is 17.7 Å². The van der Waals surface area contributed by atoms with Gasteiger partial charge in [-0.05, 0) is 24.5 Å². The lowest BCUT2D eigenvalue weighted by Gasteiger charge is -2.31. The summed E-state index contributed by atoms with van der Waals surface area (Å²) >= 11 is 4.50. The minimum absolute atomic E-state index is 0.109. The second-order valence-corrected chi connectivity index (χ2v) is 4.19. The number of rotatable bonds is 4. The molecule has 2 N–H and O–H groups in total. The van der Waals surface area contributed by atoms with E-state index in [9.17, 15) is 0 Å². The Hall–Kier alpha value is -0.470. The van der Waals surface area contributed by atoms with Gasteiger partial charge in [0.15, 0.2) is 0 Å². The maximum Gasteiger partial charge on any atom is 0.00813 e. The van der Waals surface area contributed by atoms with Crippen LogP contribution in [0.1, 0.15) is 32.3 Å². The minimum Gasteiger partial charge on any atom is -0.330 e. The van der Waals surface area contributed by atoms with Crippen LogP contribution in [0.25, 0.3) is 0 Å². The molecule has 0 aliphatic heterocycles. The van der Waals surface area contributed by atoms with Gasteiger partial charge in [0.25, 0.3) is 0 Å². The molecule has 0 heterocycles. The Kier molecular flexibility index (Phi) is 4.02. The number of benzene rings is 1. The van der Waals surface area contributed by atoms with Gasteiger partial charge in [-0.15, -0.1) is 12.6 Å². The normalized spacial score (nSPS) is 11.7. The summed E-state index contributed by atoms with van der Waals surface area (Å²) in [4.78, 5) is 1.06.